The zero-order valence-electron chi connectivity index (χ0n) is 10.8. The summed E-state index contributed by atoms with van der Waals surface area (Å²) in [6.45, 7) is 1.89. The number of thioether (sulfide) groups is 1. The fourth-order valence-corrected chi connectivity index (χ4v) is 2.38. The van der Waals surface area contributed by atoms with Gasteiger partial charge < -0.3 is 4.74 Å². The molecule has 0 fully saturated rings. The number of carbonyl (C=O) groups excluding carboxylic acids is 1. The third-order valence-electron chi connectivity index (χ3n) is 2.68. The molecule has 2 aromatic carbocycles. The highest BCUT2D eigenvalue weighted by atomic mass is 32.2. The second-order valence-electron chi connectivity index (χ2n) is 4.14. The first-order valence-corrected chi connectivity index (χ1v) is 7.16. The SMILES string of the molecule is CC(OC(=O)CSc1ccccc1)c1ccccc1. The van der Waals surface area contributed by atoms with Gasteiger partial charge >= 0.3 is 5.97 Å². The van der Waals surface area contributed by atoms with Gasteiger partial charge in [0.2, 0.25) is 0 Å². The molecule has 2 nitrogen and oxygen atoms in total. The molecule has 0 heterocycles. The summed E-state index contributed by atoms with van der Waals surface area (Å²) in [7, 11) is 0. The van der Waals surface area contributed by atoms with Gasteiger partial charge in [-0.3, -0.25) is 4.79 Å². The van der Waals surface area contributed by atoms with Crippen LogP contribution >= 0.6 is 11.8 Å². The van der Waals surface area contributed by atoms with Crippen LogP contribution in [0.4, 0.5) is 0 Å². The average Bonchev–Trinajstić information content (AvgIpc) is 2.47. The first-order valence-electron chi connectivity index (χ1n) is 6.18. The summed E-state index contributed by atoms with van der Waals surface area (Å²) in [5, 5.41) is 0. The zero-order chi connectivity index (χ0) is 13.5. The maximum atomic E-state index is 11.8. The van der Waals surface area contributed by atoms with Gasteiger partial charge in [0.1, 0.15) is 6.10 Å². The molecule has 1 atom stereocenters. The van der Waals surface area contributed by atoms with Crippen LogP contribution in [-0.2, 0) is 9.53 Å². The minimum absolute atomic E-state index is 0.190. The van der Waals surface area contributed by atoms with E-state index in [4.69, 9.17) is 4.74 Å². The molecule has 98 valence electrons. The normalized spacial score (nSPS) is 11.8. The van der Waals surface area contributed by atoms with Crippen LogP contribution in [0.15, 0.2) is 65.6 Å². The van der Waals surface area contributed by atoms with Gasteiger partial charge in [-0.1, -0.05) is 48.5 Å². The molecular formula is C16H16O2S. The van der Waals surface area contributed by atoms with Crippen molar-refractivity contribution in [2.75, 3.05) is 5.75 Å². The minimum Gasteiger partial charge on any atom is -0.457 e. The van der Waals surface area contributed by atoms with Gasteiger partial charge in [0.05, 0.1) is 5.75 Å². The molecule has 2 rings (SSSR count). The molecule has 0 saturated heterocycles. The number of rotatable bonds is 5. The summed E-state index contributed by atoms with van der Waals surface area (Å²) < 4.78 is 5.40. The number of benzene rings is 2. The Morgan fingerprint density at radius 1 is 1.05 bits per heavy atom. The summed E-state index contributed by atoms with van der Waals surface area (Å²) in [4.78, 5) is 12.8. The molecule has 0 aliphatic heterocycles. The average molecular weight is 272 g/mol. The molecule has 0 aliphatic carbocycles. The monoisotopic (exact) mass is 272 g/mol. The van der Waals surface area contributed by atoms with Crippen molar-refractivity contribution in [1.82, 2.24) is 0 Å². The number of hydrogen-bond acceptors (Lipinski definition) is 3. The van der Waals surface area contributed by atoms with Crippen molar-refractivity contribution in [2.24, 2.45) is 0 Å². The Labute approximate surface area is 117 Å². The van der Waals surface area contributed by atoms with E-state index in [0.29, 0.717) is 5.75 Å². The molecule has 0 radical (unpaired) electrons. The Morgan fingerprint density at radius 3 is 2.26 bits per heavy atom. The maximum absolute atomic E-state index is 11.8. The van der Waals surface area contributed by atoms with Gasteiger partial charge in [-0.2, -0.15) is 0 Å². The second-order valence-corrected chi connectivity index (χ2v) is 5.19. The Kier molecular flexibility index (Phi) is 5.04. The van der Waals surface area contributed by atoms with Crippen molar-refractivity contribution in [3.8, 4) is 0 Å². The predicted octanol–water partition coefficient (Wildman–Crippen LogP) is 4.08. The standard InChI is InChI=1S/C16H16O2S/c1-13(14-8-4-2-5-9-14)18-16(17)12-19-15-10-6-3-7-11-15/h2-11,13H,12H2,1H3. The van der Waals surface area contributed by atoms with E-state index in [1.165, 1.54) is 11.8 Å². The molecule has 0 aliphatic rings. The number of esters is 1. The van der Waals surface area contributed by atoms with Crippen LogP contribution in [0.25, 0.3) is 0 Å². The topological polar surface area (TPSA) is 26.3 Å². The third-order valence-corrected chi connectivity index (χ3v) is 3.66. The predicted molar refractivity (Wildman–Crippen MR) is 78.1 cm³/mol. The van der Waals surface area contributed by atoms with Crippen LogP contribution in [0.5, 0.6) is 0 Å². The Bertz CT molecular complexity index is 511. The molecule has 19 heavy (non-hydrogen) atoms. The minimum atomic E-state index is -0.204. The van der Waals surface area contributed by atoms with E-state index in [0.717, 1.165) is 10.5 Å². The fourth-order valence-electron chi connectivity index (χ4n) is 1.68. The second kappa shape index (κ2) is 7.00. The number of ether oxygens (including phenoxy) is 1. The molecule has 1 unspecified atom stereocenters. The summed E-state index contributed by atoms with van der Waals surface area (Å²) in [6.07, 6.45) is -0.204. The van der Waals surface area contributed by atoms with E-state index in [1.807, 2.05) is 67.6 Å². The largest absolute Gasteiger partial charge is 0.457 e. The number of carbonyl (C=O) groups is 1. The zero-order valence-corrected chi connectivity index (χ0v) is 11.6. The maximum Gasteiger partial charge on any atom is 0.316 e. The lowest BCUT2D eigenvalue weighted by Gasteiger charge is -2.13. The lowest BCUT2D eigenvalue weighted by molar-refractivity contribution is -0.145. The summed E-state index contributed by atoms with van der Waals surface area (Å²) in [6, 6.07) is 19.6. The van der Waals surface area contributed by atoms with Crippen molar-refractivity contribution in [3.05, 3.63) is 66.2 Å². The van der Waals surface area contributed by atoms with Crippen LogP contribution in [0, 0.1) is 0 Å². The van der Waals surface area contributed by atoms with Crippen LogP contribution < -0.4 is 0 Å². The van der Waals surface area contributed by atoms with Crippen molar-refractivity contribution < 1.29 is 9.53 Å². The van der Waals surface area contributed by atoms with Gasteiger partial charge in [0.15, 0.2) is 0 Å². The van der Waals surface area contributed by atoms with Crippen molar-refractivity contribution >= 4 is 17.7 Å². The molecule has 0 spiro atoms. The van der Waals surface area contributed by atoms with Gasteiger partial charge in [-0.25, -0.2) is 0 Å². The molecule has 0 N–H and O–H groups in total. The number of hydrogen-bond donors (Lipinski definition) is 0. The van der Waals surface area contributed by atoms with Gasteiger partial charge in [0, 0.05) is 4.90 Å². The summed E-state index contributed by atoms with van der Waals surface area (Å²) in [5.74, 6) is 0.145. The molecule has 3 heteroatoms. The molecule has 0 saturated carbocycles. The summed E-state index contributed by atoms with van der Waals surface area (Å²) >= 11 is 1.49. The lowest BCUT2D eigenvalue weighted by atomic mass is 10.1. The van der Waals surface area contributed by atoms with Crippen LogP contribution in [0.1, 0.15) is 18.6 Å². The molecule has 0 amide bonds. The van der Waals surface area contributed by atoms with Gasteiger partial charge in [-0.05, 0) is 24.6 Å². The van der Waals surface area contributed by atoms with Gasteiger partial charge in [0.25, 0.3) is 0 Å². The molecule has 0 bridgehead atoms. The molecule has 2 aromatic rings. The van der Waals surface area contributed by atoms with E-state index < -0.39 is 0 Å². The molecule has 0 aromatic heterocycles. The Hall–Kier alpha value is -1.74. The fraction of sp³-hybridized carbons (Fsp3) is 0.188. The Morgan fingerprint density at radius 2 is 1.63 bits per heavy atom. The van der Waals surface area contributed by atoms with Crippen LogP contribution in [0.2, 0.25) is 0 Å². The van der Waals surface area contributed by atoms with Crippen molar-refractivity contribution in [2.45, 2.75) is 17.9 Å². The highest BCUT2D eigenvalue weighted by Crippen LogP contribution is 2.20. The Balaban J connectivity index is 1.82. The quantitative estimate of drug-likeness (QED) is 0.606. The van der Waals surface area contributed by atoms with Crippen LogP contribution in [-0.4, -0.2) is 11.7 Å². The van der Waals surface area contributed by atoms with E-state index in [1.54, 1.807) is 0 Å². The molecular weight excluding hydrogens is 256 g/mol. The highest BCUT2D eigenvalue weighted by Gasteiger charge is 2.11. The van der Waals surface area contributed by atoms with E-state index in [9.17, 15) is 4.79 Å². The summed E-state index contributed by atoms with van der Waals surface area (Å²) in [5.41, 5.74) is 1.01. The first-order chi connectivity index (χ1) is 9.25. The van der Waals surface area contributed by atoms with Crippen molar-refractivity contribution in [3.63, 3.8) is 0 Å². The lowest BCUT2D eigenvalue weighted by Crippen LogP contribution is -2.10. The first kappa shape index (κ1) is 13.7. The van der Waals surface area contributed by atoms with E-state index in [-0.39, 0.29) is 12.1 Å². The van der Waals surface area contributed by atoms with E-state index in [2.05, 4.69) is 0 Å². The van der Waals surface area contributed by atoms with Crippen molar-refractivity contribution in [1.29, 1.82) is 0 Å². The van der Waals surface area contributed by atoms with Gasteiger partial charge in [-0.15, -0.1) is 11.8 Å². The highest BCUT2D eigenvalue weighted by molar-refractivity contribution is 8.00. The van der Waals surface area contributed by atoms with E-state index >= 15 is 0 Å². The smallest absolute Gasteiger partial charge is 0.316 e. The van der Waals surface area contributed by atoms with Crippen LogP contribution in [0.3, 0.4) is 0 Å². The third kappa shape index (κ3) is 4.45.